The summed E-state index contributed by atoms with van der Waals surface area (Å²) in [6, 6.07) is 5.77. The van der Waals surface area contributed by atoms with E-state index < -0.39 is 11.9 Å². The van der Waals surface area contributed by atoms with Crippen molar-refractivity contribution in [2.45, 2.75) is 12.5 Å². The number of aromatic nitrogens is 1. The minimum atomic E-state index is -0.515. The molecule has 1 unspecified atom stereocenters. The number of ketones is 1. The van der Waals surface area contributed by atoms with Crippen LogP contribution in [-0.4, -0.2) is 10.8 Å². The average molecular weight is 401 g/mol. The molecule has 3 rings (SSSR count). The molecule has 1 atom stereocenters. The Morgan fingerprint density at radius 3 is 2.85 bits per heavy atom. The van der Waals surface area contributed by atoms with Gasteiger partial charge in [0.2, 0.25) is 0 Å². The van der Waals surface area contributed by atoms with Crippen LogP contribution in [0.1, 0.15) is 28.6 Å². The molecule has 0 bridgehead atoms. The van der Waals surface area contributed by atoms with Gasteiger partial charge in [0.25, 0.3) is 0 Å². The average Bonchev–Trinajstić information content (AvgIpc) is 2.37. The Hall–Kier alpha value is -1.27. The lowest BCUT2D eigenvalue weighted by Gasteiger charge is -2.25. The van der Waals surface area contributed by atoms with E-state index in [-0.39, 0.29) is 18.0 Å². The molecule has 1 aromatic heterocycles. The molecular formula is C14H8Br2FNO2. The van der Waals surface area contributed by atoms with Gasteiger partial charge in [-0.05, 0) is 50.1 Å². The first-order valence-electron chi connectivity index (χ1n) is 5.85. The van der Waals surface area contributed by atoms with Crippen LogP contribution in [0.5, 0.6) is 5.75 Å². The van der Waals surface area contributed by atoms with Gasteiger partial charge in [-0.15, -0.1) is 0 Å². The Morgan fingerprint density at radius 2 is 2.10 bits per heavy atom. The maximum Gasteiger partial charge on any atom is 0.170 e. The molecule has 1 aliphatic rings. The van der Waals surface area contributed by atoms with Crippen LogP contribution in [-0.2, 0) is 0 Å². The van der Waals surface area contributed by atoms with Gasteiger partial charge in [-0.1, -0.05) is 0 Å². The quantitative estimate of drug-likeness (QED) is 0.709. The summed E-state index contributed by atoms with van der Waals surface area (Å²) < 4.78 is 20.5. The zero-order valence-electron chi connectivity index (χ0n) is 10.1. The Bertz CT molecular complexity index is 706. The Morgan fingerprint density at radius 1 is 1.30 bits per heavy atom. The van der Waals surface area contributed by atoms with Gasteiger partial charge in [-0.2, -0.15) is 0 Å². The molecule has 1 aliphatic heterocycles. The minimum Gasteiger partial charge on any atom is -0.483 e. The van der Waals surface area contributed by atoms with Crippen molar-refractivity contribution in [2.24, 2.45) is 0 Å². The van der Waals surface area contributed by atoms with Crippen LogP contribution < -0.4 is 4.74 Å². The first-order valence-corrected chi connectivity index (χ1v) is 7.43. The summed E-state index contributed by atoms with van der Waals surface area (Å²) in [5.74, 6) is -0.240. The summed E-state index contributed by atoms with van der Waals surface area (Å²) in [6.45, 7) is 0. The number of Topliss-reactive ketones (excluding diaryl/α,β-unsaturated/α-hetero) is 1. The molecule has 0 N–H and O–H groups in total. The van der Waals surface area contributed by atoms with Gasteiger partial charge < -0.3 is 4.74 Å². The number of carbonyl (C=O) groups is 1. The molecule has 0 saturated heterocycles. The van der Waals surface area contributed by atoms with Crippen molar-refractivity contribution in [1.82, 2.24) is 4.98 Å². The third kappa shape index (κ3) is 2.50. The third-order valence-corrected chi connectivity index (χ3v) is 4.09. The van der Waals surface area contributed by atoms with Crippen molar-refractivity contribution in [3.8, 4) is 5.75 Å². The van der Waals surface area contributed by atoms with Gasteiger partial charge in [-0.3, -0.25) is 9.78 Å². The van der Waals surface area contributed by atoms with E-state index in [9.17, 15) is 9.18 Å². The minimum absolute atomic E-state index is 0.0760. The second-order valence-corrected chi connectivity index (χ2v) is 6.16. The number of ether oxygens (including phenoxy) is 1. The van der Waals surface area contributed by atoms with Crippen LogP contribution in [0.4, 0.5) is 4.39 Å². The Kier molecular flexibility index (Phi) is 3.60. The lowest BCUT2D eigenvalue weighted by Crippen LogP contribution is -2.21. The molecule has 1 aromatic carbocycles. The topological polar surface area (TPSA) is 39.2 Å². The summed E-state index contributed by atoms with van der Waals surface area (Å²) in [5.41, 5.74) is 1.03. The second-order valence-electron chi connectivity index (χ2n) is 4.39. The van der Waals surface area contributed by atoms with Crippen molar-refractivity contribution in [2.75, 3.05) is 0 Å². The maximum absolute atomic E-state index is 13.3. The van der Waals surface area contributed by atoms with E-state index >= 15 is 0 Å². The van der Waals surface area contributed by atoms with Crippen molar-refractivity contribution < 1.29 is 13.9 Å². The monoisotopic (exact) mass is 399 g/mol. The van der Waals surface area contributed by atoms with E-state index in [4.69, 9.17) is 4.74 Å². The maximum atomic E-state index is 13.3. The molecular weight excluding hydrogens is 393 g/mol. The zero-order valence-corrected chi connectivity index (χ0v) is 13.2. The van der Waals surface area contributed by atoms with Crippen LogP contribution in [0, 0.1) is 5.82 Å². The molecule has 2 aromatic rings. The number of halogens is 3. The molecule has 0 radical (unpaired) electrons. The summed E-state index contributed by atoms with van der Waals surface area (Å²) in [5, 5.41) is 0. The van der Waals surface area contributed by atoms with Crippen LogP contribution in [0.25, 0.3) is 0 Å². The molecule has 0 fully saturated rings. The normalized spacial score (nSPS) is 17.6. The number of pyridine rings is 1. The highest BCUT2D eigenvalue weighted by Gasteiger charge is 2.30. The van der Waals surface area contributed by atoms with Crippen molar-refractivity contribution in [3.63, 3.8) is 0 Å². The number of hydrogen-bond donors (Lipinski definition) is 0. The van der Waals surface area contributed by atoms with Gasteiger partial charge in [0, 0.05) is 21.2 Å². The van der Waals surface area contributed by atoms with Crippen molar-refractivity contribution in [1.29, 1.82) is 0 Å². The number of nitrogens with zero attached hydrogens (tertiary/aromatic N) is 1. The van der Waals surface area contributed by atoms with E-state index in [1.165, 1.54) is 18.2 Å². The van der Waals surface area contributed by atoms with Crippen LogP contribution >= 0.6 is 31.9 Å². The molecule has 0 amide bonds. The fourth-order valence-corrected chi connectivity index (χ4v) is 3.35. The van der Waals surface area contributed by atoms with E-state index in [0.717, 1.165) is 8.95 Å². The molecule has 6 heteroatoms. The molecule has 2 heterocycles. The smallest absolute Gasteiger partial charge is 0.170 e. The largest absolute Gasteiger partial charge is 0.483 e. The number of benzene rings is 1. The van der Waals surface area contributed by atoms with Gasteiger partial charge in [0.05, 0.1) is 17.7 Å². The predicted molar refractivity (Wildman–Crippen MR) is 78.4 cm³/mol. The third-order valence-electron chi connectivity index (χ3n) is 3.03. The zero-order chi connectivity index (χ0) is 14.3. The Balaban J connectivity index is 2.00. The number of rotatable bonds is 1. The van der Waals surface area contributed by atoms with Gasteiger partial charge >= 0.3 is 0 Å². The highest BCUT2D eigenvalue weighted by atomic mass is 79.9. The highest BCUT2D eigenvalue weighted by molar-refractivity contribution is 9.11. The highest BCUT2D eigenvalue weighted by Crippen LogP contribution is 2.37. The molecule has 0 spiro atoms. The van der Waals surface area contributed by atoms with Crippen LogP contribution in [0.2, 0.25) is 0 Å². The number of fused-ring (bicyclic) bond motifs is 1. The summed E-state index contributed by atoms with van der Waals surface area (Å²) >= 11 is 6.72. The number of carbonyl (C=O) groups excluding carboxylic acids is 1. The van der Waals surface area contributed by atoms with Gasteiger partial charge in [0.1, 0.15) is 17.7 Å². The molecule has 0 saturated carbocycles. The summed E-state index contributed by atoms with van der Waals surface area (Å²) in [4.78, 5) is 16.4. The second kappa shape index (κ2) is 5.26. The van der Waals surface area contributed by atoms with E-state index in [1.807, 2.05) is 6.07 Å². The molecule has 3 nitrogen and oxygen atoms in total. The molecule has 20 heavy (non-hydrogen) atoms. The fourth-order valence-electron chi connectivity index (χ4n) is 2.11. The van der Waals surface area contributed by atoms with E-state index in [1.54, 1.807) is 6.20 Å². The molecule has 0 aliphatic carbocycles. The van der Waals surface area contributed by atoms with E-state index in [2.05, 4.69) is 36.8 Å². The van der Waals surface area contributed by atoms with Crippen LogP contribution in [0.15, 0.2) is 39.4 Å². The van der Waals surface area contributed by atoms with Crippen molar-refractivity contribution in [3.05, 3.63) is 56.5 Å². The van der Waals surface area contributed by atoms with Gasteiger partial charge in [-0.25, -0.2) is 4.39 Å². The van der Waals surface area contributed by atoms with E-state index in [0.29, 0.717) is 11.3 Å². The standard InChI is InChI=1S/C14H8Br2FNO2/c15-7-3-10(16)14(18-6-7)13-5-11(19)9-2-1-8(17)4-12(9)20-13/h1-4,6,13H,5H2. The lowest BCUT2D eigenvalue weighted by atomic mass is 9.99. The van der Waals surface area contributed by atoms with Crippen molar-refractivity contribution >= 4 is 37.6 Å². The van der Waals surface area contributed by atoms with Gasteiger partial charge in [0.15, 0.2) is 5.78 Å². The SMILES string of the molecule is O=C1CC(c2ncc(Br)cc2Br)Oc2cc(F)ccc21. The molecule has 102 valence electrons. The fraction of sp³-hybridized carbons (Fsp3) is 0.143. The first-order chi connectivity index (χ1) is 9.54. The Labute approximate surface area is 131 Å². The summed E-state index contributed by atoms with van der Waals surface area (Å²) in [7, 11) is 0. The number of hydrogen-bond acceptors (Lipinski definition) is 3. The lowest BCUT2D eigenvalue weighted by molar-refractivity contribution is 0.0843. The summed E-state index contributed by atoms with van der Waals surface area (Å²) in [6.07, 6.45) is 1.31. The first kappa shape index (κ1) is 13.7. The van der Waals surface area contributed by atoms with Crippen LogP contribution in [0.3, 0.4) is 0 Å². The predicted octanol–water partition coefficient (Wildman–Crippen LogP) is 4.45.